The van der Waals surface area contributed by atoms with Crippen molar-refractivity contribution in [1.82, 2.24) is 0 Å². The fraction of sp³-hybridized carbons (Fsp3) is 0.217. The highest BCUT2D eigenvalue weighted by Crippen LogP contribution is 2.41. The Balaban J connectivity index is 1.95. The summed E-state index contributed by atoms with van der Waals surface area (Å²) >= 11 is 5.87. The van der Waals surface area contributed by atoms with Gasteiger partial charge in [-0.1, -0.05) is 37.1 Å². The van der Waals surface area contributed by atoms with Crippen LogP contribution in [0, 0.1) is 23.3 Å². The number of aryl methyl sites for hydroxylation is 1. The Morgan fingerprint density at radius 3 is 2.09 bits per heavy atom. The third-order valence-corrected chi connectivity index (χ3v) is 4.93. The van der Waals surface area contributed by atoms with Gasteiger partial charge in [0.2, 0.25) is 6.86 Å². The largest absolute Gasteiger partial charge is 0.457 e. The molecule has 33 heavy (non-hydrogen) atoms. The smallest absolute Gasteiger partial charge is 0.431 e. The number of hydrogen-bond acceptors (Lipinski definition) is 2. The van der Waals surface area contributed by atoms with Gasteiger partial charge in [0.25, 0.3) is 0 Å². The van der Waals surface area contributed by atoms with Gasteiger partial charge >= 0.3 is 6.11 Å². The lowest BCUT2D eigenvalue weighted by Gasteiger charge is -2.21. The molecule has 0 aliphatic carbocycles. The minimum absolute atomic E-state index is 0.0565. The molecule has 0 aromatic heterocycles. The zero-order valence-corrected chi connectivity index (χ0v) is 17.8. The van der Waals surface area contributed by atoms with E-state index in [4.69, 9.17) is 11.6 Å². The second-order valence-corrected chi connectivity index (χ2v) is 7.37. The molecule has 0 saturated heterocycles. The van der Waals surface area contributed by atoms with E-state index in [1.165, 1.54) is 12.1 Å². The lowest BCUT2D eigenvalue weighted by molar-refractivity contribution is -0.187. The zero-order chi connectivity index (χ0) is 24.3. The first-order chi connectivity index (χ1) is 15.6. The summed E-state index contributed by atoms with van der Waals surface area (Å²) in [5.74, 6) is -7.40. The first kappa shape index (κ1) is 24.7. The molecule has 0 heterocycles. The van der Waals surface area contributed by atoms with Crippen molar-refractivity contribution in [2.45, 2.75) is 25.9 Å². The van der Waals surface area contributed by atoms with E-state index in [0.29, 0.717) is 30.2 Å². The monoisotopic (exact) mass is 492 g/mol. The van der Waals surface area contributed by atoms with Gasteiger partial charge < -0.3 is 9.47 Å². The Morgan fingerprint density at radius 1 is 0.879 bits per heavy atom. The molecule has 0 amide bonds. The van der Waals surface area contributed by atoms with Gasteiger partial charge in [-0.05, 0) is 35.7 Å². The van der Waals surface area contributed by atoms with Crippen LogP contribution in [0.15, 0.2) is 42.5 Å². The summed E-state index contributed by atoms with van der Waals surface area (Å²) in [5.41, 5.74) is -0.855. The van der Waals surface area contributed by atoms with Crippen LogP contribution in [0.5, 0.6) is 11.5 Å². The molecule has 0 saturated carbocycles. The molecular formula is C23H16ClF7O2. The van der Waals surface area contributed by atoms with E-state index in [9.17, 15) is 30.7 Å². The van der Waals surface area contributed by atoms with Crippen molar-refractivity contribution in [2.24, 2.45) is 0 Å². The number of rotatable bonds is 8. The Hall–Kier alpha value is -2.94. The molecule has 3 aromatic carbocycles. The van der Waals surface area contributed by atoms with Crippen LogP contribution in [0.2, 0.25) is 5.02 Å². The quantitative estimate of drug-likeness (QED) is 0.297. The number of ether oxygens (including phenoxy) is 2. The van der Waals surface area contributed by atoms with Crippen molar-refractivity contribution in [1.29, 1.82) is 0 Å². The van der Waals surface area contributed by atoms with Crippen molar-refractivity contribution in [3.8, 4) is 22.6 Å². The maximum atomic E-state index is 14.7. The molecule has 10 heteroatoms. The molecule has 0 radical (unpaired) electrons. The van der Waals surface area contributed by atoms with Crippen LogP contribution in [-0.4, -0.2) is 6.86 Å². The van der Waals surface area contributed by atoms with Gasteiger partial charge in [0, 0.05) is 17.7 Å². The molecule has 3 aromatic rings. The number of halogens is 8. The molecule has 0 aliphatic rings. The first-order valence-corrected chi connectivity index (χ1v) is 9.98. The summed E-state index contributed by atoms with van der Waals surface area (Å²) < 4.78 is 107. The van der Waals surface area contributed by atoms with E-state index in [1.807, 2.05) is 6.92 Å². The average molecular weight is 493 g/mol. The van der Waals surface area contributed by atoms with Gasteiger partial charge in [-0.15, -0.1) is 0 Å². The Labute approximate surface area is 189 Å². The van der Waals surface area contributed by atoms with Gasteiger partial charge in [-0.2, -0.15) is 8.78 Å². The minimum atomic E-state index is -4.47. The van der Waals surface area contributed by atoms with E-state index in [1.54, 1.807) is 6.07 Å². The van der Waals surface area contributed by atoms with Crippen molar-refractivity contribution in [2.75, 3.05) is 6.86 Å². The summed E-state index contributed by atoms with van der Waals surface area (Å²) in [6.45, 7) is 0.357. The summed E-state index contributed by atoms with van der Waals surface area (Å²) in [6, 6.07) is 6.47. The highest BCUT2D eigenvalue weighted by atomic mass is 35.5. The van der Waals surface area contributed by atoms with Crippen LogP contribution in [0.1, 0.15) is 24.5 Å². The van der Waals surface area contributed by atoms with Crippen LogP contribution >= 0.6 is 11.6 Å². The van der Waals surface area contributed by atoms with Crippen molar-refractivity contribution in [3.63, 3.8) is 0 Å². The lowest BCUT2D eigenvalue weighted by Crippen LogP contribution is -2.24. The van der Waals surface area contributed by atoms with Gasteiger partial charge in [0.05, 0.1) is 5.02 Å². The molecule has 0 unspecified atom stereocenters. The molecule has 0 N–H and O–H groups in total. The second kappa shape index (κ2) is 9.91. The van der Waals surface area contributed by atoms with Crippen LogP contribution in [0.3, 0.4) is 0 Å². The van der Waals surface area contributed by atoms with Gasteiger partial charge in [-0.3, -0.25) is 0 Å². The zero-order valence-electron chi connectivity index (χ0n) is 17.0. The summed E-state index contributed by atoms with van der Waals surface area (Å²) in [7, 11) is 0. The highest BCUT2D eigenvalue weighted by molar-refractivity contribution is 6.31. The fourth-order valence-electron chi connectivity index (χ4n) is 3.23. The molecule has 0 atom stereocenters. The molecule has 3 rings (SSSR count). The number of benzene rings is 3. The van der Waals surface area contributed by atoms with E-state index >= 15 is 0 Å². The summed E-state index contributed by atoms with van der Waals surface area (Å²) in [5, 5.41) is -0.801. The maximum absolute atomic E-state index is 14.7. The van der Waals surface area contributed by atoms with Crippen molar-refractivity contribution in [3.05, 3.63) is 81.9 Å². The predicted molar refractivity (Wildman–Crippen MR) is 108 cm³/mol. The SMILES string of the molecule is CCCc1ccc(-c2cc(F)c(C(F)(F)Oc3cc(F)c(OCF)c(F)c3)c(Cl)c2)c(F)c1. The van der Waals surface area contributed by atoms with E-state index in [-0.39, 0.29) is 11.1 Å². The predicted octanol–water partition coefficient (Wildman–Crippen LogP) is 7.95. The lowest BCUT2D eigenvalue weighted by atomic mass is 9.99. The normalized spacial score (nSPS) is 11.5. The Morgan fingerprint density at radius 2 is 1.55 bits per heavy atom. The number of hydrogen-bond donors (Lipinski definition) is 0. The van der Waals surface area contributed by atoms with Crippen LogP contribution in [0.4, 0.5) is 30.7 Å². The molecule has 176 valence electrons. The molecule has 0 fully saturated rings. The van der Waals surface area contributed by atoms with Gasteiger partial charge in [0.15, 0.2) is 17.4 Å². The average Bonchev–Trinajstić information content (AvgIpc) is 2.70. The van der Waals surface area contributed by atoms with E-state index < -0.39 is 58.3 Å². The van der Waals surface area contributed by atoms with E-state index in [2.05, 4.69) is 9.47 Å². The summed E-state index contributed by atoms with van der Waals surface area (Å²) in [4.78, 5) is 0. The topological polar surface area (TPSA) is 18.5 Å². The van der Waals surface area contributed by atoms with Crippen molar-refractivity contribution < 1.29 is 40.2 Å². The first-order valence-electron chi connectivity index (χ1n) is 9.60. The van der Waals surface area contributed by atoms with E-state index in [0.717, 1.165) is 12.5 Å². The third-order valence-electron chi connectivity index (χ3n) is 4.63. The molecule has 0 spiro atoms. The molecule has 0 aliphatic heterocycles. The summed E-state index contributed by atoms with van der Waals surface area (Å²) in [6.07, 6.45) is -3.07. The molecule has 0 bridgehead atoms. The van der Waals surface area contributed by atoms with Crippen LogP contribution in [-0.2, 0) is 12.5 Å². The van der Waals surface area contributed by atoms with Crippen LogP contribution in [0.25, 0.3) is 11.1 Å². The minimum Gasteiger partial charge on any atom is -0.457 e. The van der Waals surface area contributed by atoms with Crippen molar-refractivity contribution >= 4 is 11.6 Å². The Kier molecular flexibility index (Phi) is 7.41. The van der Waals surface area contributed by atoms with Gasteiger partial charge in [0.1, 0.15) is 22.9 Å². The molecule has 2 nitrogen and oxygen atoms in total. The third kappa shape index (κ3) is 5.35. The number of alkyl halides is 3. The van der Waals surface area contributed by atoms with Crippen LogP contribution < -0.4 is 9.47 Å². The Bertz CT molecular complexity index is 1120. The highest BCUT2D eigenvalue weighted by Gasteiger charge is 2.41. The standard InChI is InChI=1S/C23H16ClF7O2/c1-2-3-12-4-5-15(17(26)6-12)13-7-16(24)21(18(27)8-13)23(30,31)33-14-9-19(28)22(32-11-25)20(29)10-14/h4-10H,2-3,11H2,1H3. The maximum Gasteiger partial charge on any atom is 0.431 e. The molecular weight excluding hydrogens is 477 g/mol. The second-order valence-electron chi connectivity index (χ2n) is 6.97. The fourth-order valence-corrected chi connectivity index (χ4v) is 3.55. The van der Waals surface area contributed by atoms with Gasteiger partial charge in [-0.25, -0.2) is 22.0 Å².